The molecule has 0 fully saturated rings. The number of amides is 1. The van der Waals surface area contributed by atoms with E-state index in [1.807, 2.05) is 18.2 Å². The second-order valence-corrected chi connectivity index (χ2v) is 6.25. The Labute approximate surface area is 142 Å². The van der Waals surface area contributed by atoms with E-state index >= 15 is 0 Å². The minimum absolute atomic E-state index is 0.0199. The number of carbonyl (C=O) groups is 1. The lowest BCUT2D eigenvalue weighted by Crippen LogP contribution is -2.32. The number of phenols is 1. The molecule has 2 aromatic carbocycles. The van der Waals surface area contributed by atoms with Crippen molar-refractivity contribution in [2.75, 3.05) is 19.0 Å². The lowest BCUT2D eigenvalue weighted by Gasteiger charge is -2.25. The standard InChI is InChI=1S/C17H16BrNO4/c1-22-13-3-5-16-10(7-13)6-11(9-23-16)17(21)19-14-4-2-12(18)8-15(14)20/h2-5,7-8,11,20H,6,9H2,1H3,(H,19,21)/t11-/m0/s1. The lowest BCUT2D eigenvalue weighted by atomic mass is 9.95. The van der Waals surface area contributed by atoms with E-state index < -0.39 is 0 Å². The summed E-state index contributed by atoms with van der Waals surface area (Å²) in [7, 11) is 1.60. The van der Waals surface area contributed by atoms with Crippen molar-refractivity contribution in [1.82, 2.24) is 0 Å². The highest BCUT2D eigenvalue weighted by atomic mass is 79.9. The Morgan fingerprint density at radius 1 is 1.35 bits per heavy atom. The molecule has 120 valence electrons. The smallest absolute Gasteiger partial charge is 0.231 e. The number of hydrogen-bond donors (Lipinski definition) is 2. The van der Waals surface area contributed by atoms with E-state index in [9.17, 15) is 9.90 Å². The zero-order chi connectivity index (χ0) is 16.4. The van der Waals surface area contributed by atoms with Crippen LogP contribution in [0, 0.1) is 5.92 Å². The lowest BCUT2D eigenvalue weighted by molar-refractivity contribution is -0.121. The normalized spacial score (nSPS) is 16.2. The van der Waals surface area contributed by atoms with Crippen LogP contribution in [0.15, 0.2) is 40.9 Å². The summed E-state index contributed by atoms with van der Waals surface area (Å²) in [6, 6.07) is 10.5. The summed E-state index contributed by atoms with van der Waals surface area (Å²) in [5.41, 5.74) is 1.32. The number of benzene rings is 2. The van der Waals surface area contributed by atoms with Crippen molar-refractivity contribution in [2.24, 2.45) is 5.92 Å². The van der Waals surface area contributed by atoms with Crippen LogP contribution in [0.1, 0.15) is 5.56 Å². The second-order valence-electron chi connectivity index (χ2n) is 5.34. The van der Waals surface area contributed by atoms with Crippen molar-refractivity contribution in [3.05, 3.63) is 46.4 Å². The average molecular weight is 378 g/mol. The molecule has 23 heavy (non-hydrogen) atoms. The monoisotopic (exact) mass is 377 g/mol. The highest BCUT2D eigenvalue weighted by molar-refractivity contribution is 9.10. The van der Waals surface area contributed by atoms with Gasteiger partial charge in [-0.3, -0.25) is 4.79 Å². The van der Waals surface area contributed by atoms with Gasteiger partial charge >= 0.3 is 0 Å². The number of phenolic OH excluding ortho intramolecular Hbond substituents is 1. The van der Waals surface area contributed by atoms with Crippen LogP contribution in [0.4, 0.5) is 5.69 Å². The van der Waals surface area contributed by atoms with E-state index in [1.54, 1.807) is 19.2 Å². The van der Waals surface area contributed by atoms with Crippen molar-refractivity contribution in [1.29, 1.82) is 0 Å². The molecular weight excluding hydrogens is 362 g/mol. The van der Waals surface area contributed by atoms with Gasteiger partial charge in [0, 0.05) is 4.47 Å². The fourth-order valence-electron chi connectivity index (χ4n) is 2.51. The number of hydrogen-bond acceptors (Lipinski definition) is 4. The van der Waals surface area contributed by atoms with E-state index in [0.717, 1.165) is 21.5 Å². The molecule has 0 spiro atoms. The number of methoxy groups -OCH3 is 1. The van der Waals surface area contributed by atoms with Crippen molar-refractivity contribution in [3.8, 4) is 17.2 Å². The number of aromatic hydroxyl groups is 1. The van der Waals surface area contributed by atoms with E-state index in [1.165, 1.54) is 6.07 Å². The maximum absolute atomic E-state index is 12.4. The first-order chi connectivity index (χ1) is 11.1. The van der Waals surface area contributed by atoms with Gasteiger partial charge < -0.3 is 19.9 Å². The Morgan fingerprint density at radius 2 is 2.17 bits per heavy atom. The van der Waals surface area contributed by atoms with Gasteiger partial charge in [0.2, 0.25) is 5.91 Å². The zero-order valence-electron chi connectivity index (χ0n) is 12.5. The average Bonchev–Trinajstić information content (AvgIpc) is 2.56. The second kappa shape index (κ2) is 6.50. The van der Waals surface area contributed by atoms with Crippen molar-refractivity contribution in [3.63, 3.8) is 0 Å². The molecule has 0 aromatic heterocycles. The van der Waals surface area contributed by atoms with Gasteiger partial charge in [0.1, 0.15) is 23.9 Å². The van der Waals surface area contributed by atoms with Gasteiger partial charge in [-0.1, -0.05) is 15.9 Å². The largest absolute Gasteiger partial charge is 0.506 e. The maximum Gasteiger partial charge on any atom is 0.231 e. The van der Waals surface area contributed by atoms with Gasteiger partial charge in [-0.2, -0.15) is 0 Å². The van der Waals surface area contributed by atoms with Gasteiger partial charge in [-0.25, -0.2) is 0 Å². The van der Waals surface area contributed by atoms with Crippen LogP contribution in [-0.4, -0.2) is 24.7 Å². The number of halogens is 1. The maximum atomic E-state index is 12.4. The van der Waals surface area contributed by atoms with Crippen LogP contribution in [0.5, 0.6) is 17.2 Å². The van der Waals surface area contributed by atoms with Crippen LogP contribution in [0.25, 0.3) is 0 Å². The van der Waals surface area contributed by atoms with E-state index in [-0.39, 0.29) is 17.6 Å². The zero-order valence-corrected chi connectivity index (χ0v) is 14.1. The Hall–Kier alpha value is -2.21. The highest BCUT2D eigenvalue weighted by Gasteiger charge is 2.27. The summed E-state index contributed by atoms with van der Waals surface area (Å²) in [4.78, 5) is 12.4. The SMILES string of the molecule is COc1ccc2c(c1)C[C@H](C(=O)Nc1ccc(Br)cc1O)CO2. The molecular formula is C17H16BrNO4. The van der Waals surface area contributed by atoms with E-state index in [0.29, 0.717) is 18.7 Å². The first-order valence-corrected chi connectivity index (χ1v) is 7.95. The molecule has 1 aliphatic rings. The number of ether oxygens (including phenoxy) is 2. The highest BCUT2D eigenvalue weighted by Crippen LogP contribution is 2.32. The summed E-state index contributed by atoms with van der Waals surface area (Å²) >= 11 is 3.27. The number of anilines is 1. The van der Waals surface area contributed by atoms with Crippen molar-refractivity contribution < 1.29 is 19.4 Å². The molecule has 0 radical (unpaired) electrons. The third-order valence-corrected chi connectivity index (χ3v) is 4.26. The summed E-state index contributed by atoms with van der Waals surface area (Å²) < 4.78 is 11.6. The Kier molecular flexibility index (Phi) is 4.43. The summed E-state index contributed by atoms with van der Waals surface area (Å²) in [5, 5.41) is 12.6. The summed E-state index contributed by atoms with van der Waals surface area (Å²) in [6.07, 6.45) is 0.565. The van der Waals surface area contributed by atoms with Gasteiger partial charge in [0.25, 0.3) is 0 Å². The first-order valence-electron chi connectivity index (χ1n) is 7.16. The van der Waals surface area contributed by atoms with Crippen LogP contribution in [0.2, 0.25) is 0 Å². The van der Waals surface area contributed by atoms with Crippen LogP contribution >= 0.6 is 15.9 Å². The quantitative estimate of drug-likeness (QED) is 0.804. The van der Waals surface area contributed by atoms with Gasteiger partial charge in [-0.05, 0) is 48.4 Å². The number of carbonyl (C=O) groups excluding carboxylic acids is 1. The molecule has 0 saturated heterocycles. The Balaban J connectivity index is 1.73. The van der Waals surface area contributed by atoms with Crippen molar-refractivity contribution >= 4 is 27.5 Å². The molecule has 2 N–H and O–H groups in total. The molecule has 1 amide bonds. The number of rotatable bonds is 3. The van der Waals surface area contributed by atoms with Gasteiger partial charge in [0.05, 0.1) is 18.7 Å². The van der Waals surface area contributed by atoms with Crippen molar-refractivity contribution in [2.45, 2.75) is 6.42 Å². The number of nitrogens with one attached hydrogen (secondary N) is 1. The van der Waals surface area contributed by atoms with E-state index in [2.05, 4.69) is 21.2 Å². The Morgan fingerprint density at radius 3 is 2.91 bits per heavy atom. The third-order valence-electron chi connectivity index (χ3n) is 3.76. The fourth-order valence-corrected chi connectivity index (χ4v) is 2.86. The van der Waals surface area contributed by atoms with Gasteiger partial charge in [0.15, 0.2) is 0 Å². The molecule has 0 saturated carbocycles. The number of fused-ring (bicyclic) bond motifs is 1. The predicted octanol–water partition coefficient (Wildman–Crippen LogP) is 3.35. The predicted molar refractivity (Wildman–Crippen MR) is 90.1 cm³/mol. The molecule has 1 heterocycles. The Bertz CT molecular complexity index is 747. The summed E-state index contributed by atoms with van der Waals surface area (Å²) in [5.74, 6) is 1.03. The van der Waals surface area contributed by atoms with Crippen LogP contribution in [0.3, 0.4) is 0 Å². The first kappa shape index (κ1) is 15.7. The molecule has 0 unspecified atom stereocenters. The van der Waals surface area contributed by atoms with Crippen LogP contribution < -0.4 is 14.8 Å². The molecule has 0 bridgehead atoms. The molecule has 1 aliphatic heterocycles. The molecule has 1 atom stereocenters. The van der Waals surface area contributed by atoms with Gasteiger partial charge in [-0.15, -0.1) is 0 Å². The summed E-state index contributed by atoms with van der Waals surface area (Å²) in [6.45, 7) is 0.308. The minimum atomic E-state index is -0.322. The molecule has 6 heteroatoms. The van der Waals surface area contributed by atoms with E-state index in [4.69, 9.17) is 9.47 Å². The third kappa shape index (κ3) is 3.42. The van der Waals surface area contributed by atoms with Crippen LogP contribution in [-0.2, 0) is 11.2 Å². The minimum Gasteiger partial charge on any atom is -0.506 e. The molecule has 3 rings (SSSR count). The topological polar surface area (TPSA) is 67.8 Å². The molecule has 5 nitrogen and oxygen atoms in total. The fraction of sp³-hybridized carbons (Fsp3) is 0.235. The molecule has 2 aromatic rings. The molecule has 0 aliphatic carbocycles.